The molecule has 1 N–H and O–H groups in total. The lowest BCUT2D eigenvalue weighted by molar-refractivity contribution is 0.939. The predicted molar refractivity (Wildman–Crippen MR) is 57.3 cm³/mol. The first kappa shape index (κ1) is 8.99. The van der Waals surface area contributed by atoms with Gasteiger partial charge in [0.25, 0.3) is 0 Å². The van der Waals surface area contributed by atoms with E-state index in [2.05, 4.69) is 22.2 Å². The zero-order valence-electron chi connectivity index (χ0n) is 8.49. The van der Waals surface area contributed by atoms with Gasteiger partial charge in [0, 0.05) is 19.8 Å². The van der Waals surface area contributed by atoms with Gasteiger partial charge in [-0.05, 0) is 12.5 Å². The summed E-state index contributed by atoms with van der Waals surface area (Å²) < 4.78 is 1.99. The Balaban J connectivity index is 2.44. The maximum absolute atomic E-state index is 4.22. The summed E-state index contributed by atoms with van der Waals surface area (Å²) >= 11 is 0. The third kappa shape index (κ3) is 1.43. The van der Waals surface area contributed by atoms with Crippen molar-refractivity contribution in [2.45, 2.75) is 13.3 Å². The summed E-state index contributed by atoms with van der Waals surface area (Å²) in [6.45, 7) is 3.08. The molecule has 0 spiro atoms. The molecule has 74 valence electrons. The van der Waals surface area contributed by atoms with Gasteiger partial charge in [-0.1, -0.05) is 6.92 Å². The van der Waals surface area contributed by atoms with Crippen LogP contribution in [-0.2, 0) is 7.05 Å². The second kappa shape index (κ2) is 3.65. The maximum Gasteiger partial charge on any atom is 0.145 e. The lowest BCUT2D eigenvalue weighted by atomic mass is 10.3. The number of aryl methyl sites for hydroxylation is 1. The molecule has 0 amide bonds. The van der Waals surface area contributed by atoms with Gasteiger partial charge < -0.3 is 9.88 Å². The Labute approximate surface area is 83.0 Å². The van der Waals surface area contributed by atoms with Crippen LogP contribution < -0.4 is 5.32 Å². The normalized spacial score (nSPS) is 10.7. The molecule has 0 radical (unpaired) electrons. The summed E-state index contributed by atoms with van der Waals surface area (Å²) in [6, 6.07) is 2.04. The van der Waals surface area contributed by atoms with Crippen molar-refractivity contribution in [1.29, 1.82) is 0 Å². The average molecular weight is 190 g/mol. The SMILES string of the molecule is CCCNc1ncnc2c1ccn2C. The molecule has 0 fully saturated rings. The number of nitrogens with one attached hydrogen (secondary N) is 1. The number of aromatic nitrogens is 3. The van der Waals surface area contributed by atoms with Gasteiger partial charge in [-0.3, -0.25) is 0 Å². The first-order chi connectivity index (χ1) is 6.83. The van der Waals surface area contributed by atoms with Gasteiger partial charge >= 0.3 is 0 Å². The van der Waals surface area contributed by atoms with Gasteiger partial charge in [0.05, 0.1) is 5.39 Å². The molecule has 0 unspecified atom stereocenters. The van der Waals surface area contributed by atoms with Gasteiger partial charge in [-0.15, -0.1) is 0 Å². The van der Waals surface area contributed by atoms with E-state index in [-0.39, 0.29) is 0 Å². The summed E-state index contributed by atoms with van der Waals surface area (Å²) in [5, 5.41) is 4.37. The second-order valence-electron chi connectivity index (χ2n) is 3.31. The van der Waals surface area contributed by atoms with Crippen molar-refractivity contribution < 1.29 is 0 Å². The zero-order valence-corrected chi connectivity index (χ0v) is 8.49. The molecule has 0 aromatic carbocycles. The van der Waals surface area contributed by atoms with Gasteiger partial charge in [-0.2, -0.15) is 0 Å². The highest BCUT2D eigenvalue weighted by molar-refractivity contribution is 5.87. The number of rotatable bonds is 3. The van der Waals surface area contributed by atoms with Gasteiger partial charge in [-0.25, -0.2) is 9.97 Å². The Morgan fingerprint density at radius 3 is 3.07 bits per heavy atom. The van der Waals surface area contributed by atoms with E-state index >= 15 is 0 Å². The lowest BCUT2D eigenvalue weighted by Gasteiger charge is -2.04. The predicted octanol–water partition coefficient (Wildman–Crippen LogP) is 1.79. The molecule has 0 aliphatic heterocycles. The zero-order chi connectivity index (χ0) is 9.97. The fourth-order valence-electron chi connectivity index (χ4n) is 1.46. The highest BCUT2D eigenvalue weighted by Gasteiger charge is 2.04. The molecule has 2 rings (SSSR count). The largest absolute Gasteiger partial charge is 0.369 e. The van der Waals surface area contributed by atoms with Crippen LogP contribution in [-0.4, -0.2) is 21.1 Å². The summed E-state index contributed by atoms with van der Waals surface area (Å²) in [4.78, 5) is 8.44. The molecule has 4 heteroatoms. The Morgan fingerprint density at radius 2 is 2.29 bits per heavy atom. The van der Waals surface area contributed by atoms with Crippen LogP contribution in [0.3, 0.4) is 0 Å². The van der Waals surface area contributed by atoms with E-state index in [0.29, 0.717) is 0 Å². The number of anilines is 1. The summed E-state index contributed by atoms with van der Waals surface area (Å²) in [7, 11) is 1.99. The van der Waals surface area contributed by atoms with Crippen LogP contribution >= 0.6 is 0 Å². The van der Waals surface area contributed by atoms with Crippen molar-refractivity contribution in [1.82, 2.24) is 14.5 Å². The molecule has 14 heavy (non-hydrogen) atoms. The maximum atomic E-state index is 4.22. The van der Waals surface area contributed by atoms with Crippen molar-refractivity contribution in [2.75, 3.05) is 11.9 Å². The molecule has 2 heterocycles. The molecule has 0 aliphatic carbocycles. The molecule has 0 aliphatic rings. The van der Waals surface area contributed by atoms with Crippen LogP contribution in [0.1, 0.15) is 13.3 Å². The minimum absolute atomic E-state index is 0.928. The van der Waals surface area contributed by atoms with Gasteiger partial charge in [0.1, 0.15) is 17.8 Å². The van der Waals surface area contributed by atoms with Crippen molar-refractivity contribution in [3.8, 4) is 0 Å². The molecule has 0 atom stereocenters. The second-order valence-corrected chi connectivity index (χ2v) is 3.31. The number of nitrogens with zero attached hydrogens (tertiary/aromatic N) is 3. The van der Waals surface area contributed by atoms with Gasteiger partial charge in [0.2, 0.25) is 0 Å². The first-order valence-electron chi connectivity index (χ1n) is 4.83. The Bertz CT molecular complexity index is 433. The Morgan fingerprint density at radius 1 is 1.43 bits per heavy atom. The van der Waals surface area contributed by atoms with Crippen LogP contribution in [0, 0.1) is 0 Å². The molecule has 2 aromatic rings. The molecule has 0 bridgehead atoms. The quantitative estimate of drug-likeness (QED) is 0.802. The lowest BCUT2D eigenvalue weighted by Crippen LogP contribution is -2.02. The van der Waals surface area contributed by atoms with Crippen molar-refractivity contribution in [3.05, 3.63) is 18.6 Å². The van der Waals surface area contributed by atoms with Crippen molar-refractivity contribution in [3.63, 3.8) is 0 Å². The van der Waals surface area contributed by atoms with E-state index in [1.807, 2.05) is 23.9 Å². The Hall–Kier alpha value is -1.58. The molecule has 0 saturated heterocycles. The molecule has 4 nitrogen and oxygen atoms in total. The van der Waals surface area contributed by atoms with E-state index in [9.17, 15) is 0 Å². The topological polar surface area (TPSA) is 42.7 Å². The van der Waals surface area contributed by atoms with Crippen molar-refractivity contribution in [2.24, 2.45) is 7.05 Å². The molecular weight excluding hydrogens is 176 g/mol. The average Bonchev–Trinajstić information content (AvgIpc) is 2.58. The third-order valence-electron chi connectivity index (χ3n) is 2.20. The monoisotopic (exact) mass is 190 g/mol. The van der Waals surface area contributed by atoms with E-state index in [1.165, 1.54) is 0 Å². The van der Waals surface area contributed by atoms with E-state index in [1.54, 1.807) is 6.33 Å². The minimum Gasteiger partial charge on any atom is -0.369 e. The van der Waals surface area contributed by atoms with E-state index < -0.39 is 0 Å². The van der Waals surface area contributed by atoms with Crippen LogP contribution in [0.4, 0.5) is 5.82 Å². The standard InChI is InChI=1S/C10H14N4/c1-3-5-11-9-8-4-6-14(2)10(8)13-7-12-9/h4,6-7H,3,5H2,1-2H3,(H,11,12,13). The molecule has 0 saturated carbocycles. The summed E-state index contributed by atoms with van der Waals surface area (Å²) in [6.07, 6.45) is 4.69. The smallest absolute Gasteiger partial charge is 0.145 e. The third-order valence-corrected chi connectivity index (χ3v) is 2.20. The molecule has 2 aromatic heterocycles. The fourth-order valence-corrected chi connectivity index (χ4v) is 1.46. The van der Waals surface area contributed by atoms with Crippen LogP contribution in [0.25, 0.3) is 11.0 Å². The Kier molecular flexibility index (Phi) is 2.35. The highest BCUT2D eigenvalue weighted by atomic mass is 15.1. The van der Waals surface area contributed by atoms with Crippen molar-refractivity contribution >= 4 is 16.9 Å². The van der Waals surface area contributed by atoms with Crippen LogP contribution in [0.2, 0.25) is 0 Å². The van der Waals surface area contributed by atoms with Crippen LogP contribution in [0.15, 0.2) is 18.6 Å². The molecular formula is C10H14N4. The minimum atomic E-state index is 0.928. The summed E-state index contributed by atoms with van der Waals surface area (Å²) in [5.74, 6) is 0.928. The number of hydrogen-bond acceptors (Lipinski definition) is 3. The van der Waals surface area contributed by atoms with Crippen LogP contribution in [0.5, 0.6) is 0 Å². The number of fused-ring (bicyclic) bond motifs is 1. The van der Waals surface area contributed by atoms with E-state index in [4.69, 9.17) is 0 Å². The van der Waals surface area contributed by atoms with Gasteiger partial charge in [0.15, 0.2) is 0 Å². The first-order valence-corrected chi connectivity index (χ1v) is 4.83. The highest BCUT2D eigenvalue weighted by Crippen LogP contribution is 2.18. The number of hydrogen-bond donors (Lipinski definition) is 1. The fraction of sp³-hybridized carbons (Fsp3) is 0.400. The summed E-state index contributed by atoms with van der Waals surface area (Å²) in [5.41, 5.74) is 0.971. The van der Waals surface area contributed by atoms with E-state index in [0.717, 1.165) is 29.8 Å².